The number of hydrogen-bond acceptors (Lipinski definition) is 2. The van der Waals surface area contributed by atoms with Crippen molar-refractivity contribution in [3.8, 4) is 0 Å². The summed E-state index contributed by atoms with van der Waals surface area (Å²) in [5, 5.41) is 8.82. The lowest BCUT2D eigenvalue weighted by atomic mass is 10.1. The quantitative estimate of drug-likeness (QED) is 0.767. The molecule has 3 heteroatoms. The first-order chi connectivity index (χ1) is 8.63. The van der Waals surface area contributed by atoms with E-state index in [1.807, 2.05) is 30.3 Å². The second kappa shape index (κ2) is 7.75. The summed E-state index contributed by atoms with van der Waals surface area (Å²) in [6, 6.07) is 10.1. The number of benzene rings is 1. The second-order valence-electron chi connectivity index (χ2n) is 4.82. The zero-order valence-corrected chi connectivity index (χ0v) is 11.3. The highest BCUT2D eigenvalue weighted by molar-refractivity contribution is 5.67. The molecule has 1 atom stereocenters. The van der Waals surface area contributed by atoms with Crippen molar-refractivity contribution in [3.63, 3.8) is 0 Å². The van der Waals surface area contributed by atoms with Gasteiger partial charge in [-0.3, -0.25) is 4.79 Å². The zero-order valence-electron chi connectivity index (χ0n) is 11.3. The van der Waals surface area contributed by atoms with Gasteiger partial charge in [-0.2, -0.15) is 0 Å². The van der Waals surface area contributed by atoms with Crippen molar-refractivity contribution >= 4 is 11.7 Å². The Morgan fingerprint density at radius 1 is 1.33 bits per heavy atom. The average Bonchev–Trinajstić information content (AvgIpc) is 2.35. The second-order valence-corrected chi connectivity index (χ2v) is 4.82. The molecule has 0 spiro atoms. The molecule has 0 aliphatic carbocycles. The topological polar surface area (TPSA) is 40.5 Å². The molecule has 0 aliphatic heterocycles. The standard InChI is InChI=1S/C15H23NO2/c1-3-7-13(2)12-16(11-10-15(17)18)14-8-5-4-6-9-14/h4-6,8-9,13H,3,7,10-12H2,1-2H3,(H,17,18). The van der Waals surface area contributed by atoms with Gasteiger partial charge in [0.1, 0.15) is 0 Å². The summed E-state index contributed by atoms with van der Waals surface area (Å²) in [6.07, 6.45) is 2.53. The van der Waals surface area contributed by atoms with Gasteiger partial charge >= 0.3 is 5.97 Å². The maximum atomic E-state index is 10.7. The minimum atomic E-state index is -0.737. The van der Waals surface area contributed by atoms with Crippen LogP contribution in [0.4, 0.5) is 5.69 Å². The molecule has 0 aliphatic rings. The van der Waals surface area contributed by atoms with Gasteiger partial charge in [0, 0.05) is 18.8 Å². The normalized spacial score (nSPS) is 12.1. The summed E-state index contributed by atoms with van der Waals surface area (Å²) >= 11 is 0. The number of carboxylic acid groups (broad SMARTS) is 1. The number of hydrogen-bond donors (Lipinski definition) is 1. The van der Waals surface area contributed by atoms with Gasteiger partial charge in [0.05, 0.1) is 6.42 Å². The molecule has 1 aromatic rings. The lowest BCUT2D eigenvalue weighted by Gasteiger charge is -2.27. The molecule has 0 aromatic heterocycles. The van der Waals surface area contributed by atoms with E-state index in [-0.39, 0.29) is 6.42 Å². The number of nitrogens with zero attached hydrogens (tertiary/aromatic N) is 1. The highest BCUT2D eigenvalue weighted by Gasteiger charge is 2.11. The summed E-state index contributed by atoms with van der Waals surface area (Å²) in [4.78, 5) is 12.9. The van der Waals surface area contributed by atoms with Gasteiger partial charge < -0.3 is 10.0 Å². The van der Waals surface area contributed by atoms with Crippen LogP contribution in [-0.2, 0) is 4.79 Å². The molecule has 0 radical (unpaired) electrons. The molecule has 18 heavy (non-hydrogen) atoms. The molecule has 100 valence electrons. The molecule has 0 amide bonds. The van der Waals surface area contributed by atoms with Crippen LogP contribution in [0.15, 0.2) is 30.3 Å². The van der Waals surface area contributed by atoms with Crippen LogP contribution in [0.25, 0.3) is 0 Å². The van der Waals surface area contributed by atoms with E-state index in [1.54, 1.807) is 0 Å². The van der Waals surface area contributed by atoms with Crippen molar-refractivity contribution in [2.24, 2.45) is 5.92 Å². The lowest BCUT2D eigenvalue weighted by molar-refractivity contribution is -0.136. The highest BCUT2D eigenvalue weighted by Crippen LogP contribution is 2.17. The van der Waals surface area contributed by atoms with Gasteiger partial charge in [0.25, 0.3) is 0 Å². The molecule has 1 unspecified atom stereocenters. The number of rotatable bonds is 8. The van der Waals surface area contributed by atoms with Crippen LogP contribution < -0.4 is 4.90 Å². The van der Waals surface area contributed by atoms with E-state index in [9.17, 15) is 4.79 Å². The molecule has 0 heterocycles. The average molecular weight is 249 g/mol. The number of carboxylic acids is 1. The molecule has 1 N–H and O–H groups in total. The molecule has 0 bridgehead atoms. The number of carbonyl (C=O) groups is 1. The SMILES string of the molecule is CCCC(C)CN(CCC(=O)O)c1ccccc1. The third-order valence-corrected chi connectivity index (χ3v) is 3.03. The van der Waals surface area contributed by atoms with Gasteiger partial charge in [-0.15, -0.1) is 0 Å². The largest absolute Gasteiger partial charge is 0.481 e. The Morgan fingerprint density at radius 2 is 2.00 bits per heavy atom. The summed E-state index contributed by atoms with van der Waals surface area (Å²) in [7, 11) is 0. The molecule has 0 saturated carbocycles. The van der Waals surface area contributed by atoms with Crippen LogP contribution in [0.5, 0.6) is 0 Å². The molecule has 1 aromatic carbocycles. The van der Waals surface area contributed by atoms with Crippen LogP contribution in [0.1, 0.15) is 33.1 Å². The van der Waals surface area contributed by atoms with E-state index in [1.165, 1.54) is 12.8 Å². The number of para-hydroxylation sites is 1. The Hall–Kier alpha value is -1.51. The summed E-state index contributed by atoms with van der Waals surface area (Å²) < 4.78 is 0. The van der Waals surface area contributed by atoms with Gasteiger partial charge in [0.15, 0.2) is 0 Å². The fraction of sp³-hybridized carbons (Fsp3) is 0.533. The fourth-order valence-electron chi connectivity index (χ4n) is 2.16. The van der Waals surface area contributed by atoms with Gasteiger partial charge in [-0.1, -0.05) is 38.5 Å². The predicted octanol–water partition coefficient (Wildman–Crippen LogP) is 3.40. The van der Waals surface area contributed by atoms with Crippen LogP contribution in [0.2, 0.25) is 0 Å². The Bertz CT molecular complexity index is 351. The van der Waals surface area contributed by atoms with Gasteiger partial charge in [-0.05, 0) is 24.5 Å². The number of aliphatic carboxylic acids is 1. The van der Waals surface area contributed by atoms with E-state index >= 15 is 0 Å². The van der Waals surface area contributed by atoms with Gasteiger partial charge in [0.2, 0.25) is 0 Å². The van der Waals surface area contributed by atoms with Crippen molar-refractivity contribution in [1.29, 1.82) is 0 Å². The first-order valence-corrected chi connectivity index (χ1v) is 6.65. The summed E-state index contributed by atoms with van der Waals surface area (Å²) in [6.45, 7) is 5.90. The van der Waals surface area contributed by atoms with Crippen LogP contribution in [-0.4, -0.2) is 24.2 Å². The fourth-order valence-corrected chi connectivity index (χ4v) is 2.16. The highest BCUT2D eigenvalue weighted by atomic mass is 16.4. The smallest absolute Gasteiger partial charge is 0.305 e. The zero-order chi connectivity index (χ0) is 13.4. The number of anilines is 1. The van der Waals surface area contributed by atoms with Crippen LogP contribution >= 0.6 is 0 Å². The van der Waals surface area contributed by atoms with E-state index in [2.05, 4.69) is 18.7 Å². The van der Waals surface area contributed by atoms with Crippen molar-refractivity contribution in [2.45, 2.75) is 33.1 Å². The Morgan fingerprint density at radius 3 is 2.56 bits per heavy atom. The molecule has 3 nitrogen and oxygen atoms in total. The van der Waals surface area contributed by atoms with Gasteiger partial charge in [-0.25, -0.2) is 0 Å². The molecule has 0 fully saturated rings. The van der Waals surface area contributed by atoms with E-state index in [0.717, 1.165) is 12.2 Å². The summed E-state index contributed by atoms with van der Waals surface area (Å²) in [5.41, 5.74) is 1.11. The Kier molecular flexibility index (Phi) is 6.26. The first kappa shape index (κ1) is 14.6. The third-order valence-electron chi connectivity index (χ3n) is 3.03. The minimum absolute atomic E-state index is 0.188. The van der Waals surface area contributed by atoms with Crippen LogP contribution in [0, 0.1) is 5.92 Å². The van der Waals surface area contributed by atoms with E-state index in [0.29, 0.717) is 12.5 Å². The maximum absolute atomic E-state index is 10.7. The predicted molar refractivity (Wildman–Crippen MR) is 75.0 cm³/mol. The van der Waals surface area contributed by atoms with E-state index in [4.69, 9.17) is 5.11 Å². The van der Waals surface area contributed by atoms with Crippen LogP contribution in [0.3, 0.4) is 0 Å². The lowest BCUT2D eigenvalue weighted by Crippen LogP contribution is -2.30. The van der Waals surface area contributed by atoms with Crippen molar-refractivity contribution in [3.05, 3.63) is 30.3 Å². The van der Waals surface area contributed by atoms with Crippen molar-refractivity contribution in [2.75, 3.05) is 18.0 Å². The van der Waals surface area contributed by atoms with Crippen molar-refractivity contribution < 1.29 is 9.90 Å². The van der Waals surface area contributed by atoms with E-state index < -0.39 is 5.97 Å². The summed E-state index contributed by atoms with van der Waals surface area (Å²) in [5.74, 6) is -0.150. The Labute approximate surface area is 109 Å². The maximum Gasteiger partial charge on any atom is 0.305 e. The Balaban J connectivity index is 2.66. The minimum Gasteiger partial charge on any atom is -0.481 e. The molecular formula is C15H23NO2. The third kappa shape index (κ3) is 5.21. The monoisotopic (exact) mass is 249 g/mol. The molecule has 1 rings (SSSR count). The molecular weight excluding hydrogens is 226 g/mol. The first-order valence-electron chi connectivity index (χ1n) is 6.65. The molecule has 0 saturated heterocycles. The van der Waals surface area contributed by atoms with Crippen molar-refractivity contribution in [1.82, 2.24) is 0 Å².